The van der Waals surface area contributed by atoms with Gasteiger partial charge in [-0.3, -0.25) is 0 Å². The van der Waals surface area contributed by atoms with Crippen LogP contribution < -0.4 is 4.90 Å². The first-order valence-electron chi connectivity index (χ1n) is 19.2. The Morgan fingerprint density at radius 1 is 0.411 bits per heavy atom. The van der Waals surface area contributed by atoms with Gasteiger partial charge in [0.1, 0.15) is 11.2 Å². The first kappa shape index (κ1) is 31.5. The lowest BCUT2D eigenvalue weighted by Gasteiger charge is -2.43. The average Bonchev–Trinajstić information content (AvgIpc) is 3.79. The molecule has 2 heterocycles. The second-order valence-electron chi connectivity index (χ2n) is 14.8. The molecule has 2 nitrogen and oxygen atoms in total. The van der Waals surface area contributed by atoms with E-state index < -0.39 is 5.41 Å². The molecule has 0 saturated carbocycles. The summed E-state index contributed by atoms with van der Waals surface area (Å²) >= 11 is 1.89. The van der Waals surface area contributed by atoms with Gasteiger partial charge in [-0.2, -0.15) is 0 Å². The second-order valence-corrected chi connectivity index (χ2v) is 15.8. The Kier molecular flexibility index (Phi) is 6.81. The van der Waals surface area contributed by atoms with E-state index in [9.17, 15) is 0 Å². The number of nitrogens with zero attached hydrogens (tertiary/aromatic N) is 1. The van der Waals surface area contributed by atoms with Crippen molar-refractivity contribution in [3.63, 3.8) is 0 Å². The van der Waals surface area contributed by atoms with Crippen LogP contribution in [-0.4, -0.2) is 0 Å². The minimum atomic E-state index is -0.565. The fourth-order valence-corrected chi connectivity index (χ4v) is 10.9. The van der Waals surface area contributed by atoms with Crippen molar-refractivity contribution in [3.05, 3.63) is 222 Å². The van der Waals surface area contributed by atoms with E-state index in [0.717, 1.165) is 44.4 Å². The molecule has 0 atom stereocenters. The number of furan rings is 1. The molecule has 1 aromatic heterocycles. The molecule has 2 aliphatic rings. The van der Waals surface area contributed by atoms with Gasteiger partial charge in [-0.25, -0.2) is 0 Å². The van der Waals surface area contributed by atoms with Crippen molar-refractivity contribution in [1.82, 2.24) is 0 Å². The van der Waals surface area contributed by atoms with Crippen LogP contribution in [0.1, 0.15) is 22.3 Å². The molecule has 0 saturated heterocycles. The molecule has 0 amide bonds. The molecule has 0 unspecified atom stereocenters. The minimum Gasteiger partial charge on any atom is -0.455 e. The summed E-state index contributed by atoms with van der Waals surface area (Å²) in [6.45, 7) is 0. The standard InChI is InChI=1S/C53H33NOS/c1-2-15-36(16-3-1)54(37-31-28-35(29-32-37)39-21-12-22-43-42-20-8-11-26-47(42)55-52(39)43)46-25-13-27-48-51(46)53(50-38-17-5-4-14-34(38)30-33-49(50)56-48)44-23-9-6-18-40(44)41-19-7-10-24-45(41)53/h1-33H. The molecule has 0 N–H and O–H groups in total. The van der Waals surface area contributed by atoms with Crippen LogP contribution >= 0.6 is 11.8 Å². The molecule has 56 heavy (non-hydrogen) atoms. The number of benzene rings is 9. The summed E-state index contributed by atoms with van der Waals surface area (Å²) in [5, 5.41) is 4.82. The Balaban J connectivity index is 1.13. The van der Waals surface area contributed by atoms with Crippen LogP contribution in [0.15, 0.2) is 214 Å². The maximum Gasteiger partial charge on any atom is 0.143 e. The lowest BCUT2D eigenvalue weighted by atomic mass is 9.65. The molecule has 262 valence electrons. The molecule has 10 aromatic rings. The Morgan fingerprint density at radius 2 is 1.02 bits per heavy atom. The Morgan fingerprint density at radius 3 is 1.82 bits per heavy atom. The van der Waals surface area contributed by atoms with Crippen LogP contribution in [0.4, 0.5) is 17.1 Å². The summed E-state index contributed by atoms with van der Waals surface area (Å²) in [6, 6.07) is 73.3. The van der Waals surface area contributed by atoms with E-state index in [1.165, 1.54) is 59.6 Å². The molecule has 3 heteroatoms. The normalized spacial score (nSPS) is 13.4. The number of anilines is 3. The van der Waals surface area contributed by atoms with Crippen molar-refractivity contribution in [2.45, 2.75) is 15.2 Å². The van der Waals surface area contributed by atoms with Gasteiger partial charge in [-0.05, 0) is 92.7 Å². The number of fused-ring (bicyclic) bond motifs is 14. The van der Waals surface area contributed by atoms with Gasteiger partial charge >= 0.3 is 0 Å². The zero-order valence-electron chi connectivity index (χ0n) is 30.3. The average molecular weight is 732 g/mol. The SMILES string of the molecule is c1ccc(N(c2ccc(-c3cccc4c3oc3ccccc34)cc2)c2cccc3c2C2(c4ccccc4-c4ccccc42)c2c(ccc4ccccc24)S3)cc1. The van der Waals surface area contributed by atoms with E-state index in [2.05, 4.69) is 193 Å². The number of hydrogen-bond acceptors (Lipinski definition) is 3. The van der Waals surface area contributed by atoms with Crippen molar-refractivity contribution >= 4 is 61.5 Å². The van der Waals surface area contributed by atoms with Gasteiger partial charge in [0.05, 0.1) is 11.1 Å². The lowest BCUT2D eigenvalue weighted by Crippen LogP contribution is -2.34. The summed E-state index contributed by atoms with van der Waals surface area (Å²) in [7, 11) is 0. The highest BCUT2D eigenvalue weighted by atomic mass is 32.2. The summed E-state index contributed by atoms with van der Waals surface area (Å²) in [5.41, 5.74) is 14.8. The van der Waals surface area contributed by atoms with Crippen molar-refractivity contribution in [1.29, 1.82) is 0 Å². The summed E-state index contributed by atoms with van der Waals surface area (Å²) in [5.74, 6) is 0. The molecular formula is C53H33NOS. The fourth-order valence-electron chi connectivity index (χ4n) is 9.68. The van der Waals surface area contributed by atoms with E-state index in [1.54, 1.807) is 0 Å². The highest BCUT2D eigenvalue weighted by Gasteiger charge is 2.52. The van der Waals surface area contributed by atoms with Gasteiger partial charge in [-0.1, -0.05) is 163 Å². The highest BCUT2D eigenvalue weighted by Crippen LogP contribution is 2.65. The molecule has 0 bridgehead atoms. The smallest absolute Gasteiger partial charge is 0.143 e. The number of hydrogen-bond donors (Lipinski definition) is 0. The first-order valence-corrected chi connectivity index (χ1v) is 20.0. The van der Waals surface area contributed by atoms with Crippen LogP contribution in [0.3, 0.4) is 0 Å². The molecule has 1 aliphatic heterocycles. The van der Waals surface area contributed by atoms with E-state index >= 15 is 0 Å². The zero-order valence-corrected chi connectivity index (χ0v) is 31.1. The summed E-state index contributed by atoms with van der Waals surface area (Å²) < 4.78 is 6.47. The van der Waals surface area contributed by atoms with Crippen LogP contribution in [-0.2, 0) is 5.41 Å². The molecule has 12 rings (SSSR count). The summed E-state index contributed by atoms with van der Waals surface area (Å²) in [6.07, 6.45) is 0. The largest absolute Gasteiger partial charge is 0.455 e. The Hall–Kier alpha value is -6.81. The van der Waals surface area contributed by atoms with Crippen LogP contribution in [0, 0.1) is 0 Å². The molecule has 9 aromatic carbocycles. The van der Waals surface area contributed by atoms with Gasteiger partial charge in [0.25, 0.3) is 0 Å². The van der Waals surface area contributed by atoms with Gasteiger partial charge in [0, 0.05) is 43.1 Å². The minimum absolute atomic E-state index is 0.565. The van der Waals surface area contributed by atoms with Crippen LogP contribution in [0.5, 0.6) is 0 Å². The number of rotatable bonds is 4. The molecular weight excluding hydrogens is 699 g/mol. The van der Waals surface area contributed by atoms with Crippen molar-refractivity contribution < 1.29 is 4.42 Å². The number of para-hydroxylation sites is 3. The quantitative estimate of drug-likeness (QED) is 0.179. The molecule has 0 radical (unpaired) electrons. The van der Waals surface area contributed by atoms with Gasteiger partial charge in [-0.15, -0.1) is 0 Å². The molecule has 0 fully saturated rings. The third-order valence-electron chi connectivity index (χ3n) is 11.9. The first-order chi connectivity index (χ1) is 27.8. The second kappa shape index (κ2) is 12.1. The fraction of sp³-hybridized carbons (Fsp3) is 0.0189. The third-order valence-corrected chi connectivity index (χ3v) is 13.0. The zero-order chi connectivity index (χ0) is 36.8. The van der Waals surface area contributed by atoms with Crippen LogP contribution in [0.25, 0.3) is 55.0 Å². The molecule has 1 spiro atoms. The lowest BCUT2D eigenvalue weighted by molar-refractivity contribution is 0.670. The van der Waals surface area contributed by atoms with E-state index in [0.29, 0.717) is 0 Å². The molecule has 1 aliphatic carbocycles. The van der Waals surface area contributed by atoms with E-state index in [-0.39, 0.29) is 0 Å². The van der Waals surface area contributed by atoms with Gasteiger partial charge in [0.15, 0.2) is 0 Å². The predicted octanol–water partition coefficient (Wildman–Crippen LogP) is 14.7. The predicted molar refractivity (Wildman–Crippen MR) is 233 cm³/mol. The van der Waals surface area contributed by atoms with Crippen molar-refractivity contribution in [2.24, 2.45) is 0 Å². The Bertz CT molecular complexity index is 3130. The highest BCUT2D eigenvalue weighted by molar-refractivity contribution is 7.99. The monoisotopic (exact) mass is 731 g/mol. The third kappa shape index (κ3) is 4.35. The van der Waals surface area contributed by atoms with Gasteiger partial charge in [0.2, 0.25) is 0 Å². The van der Waals surface area contributed by atoms with Crippen molar-refractivity contribution in [2.75, 3.05) is 4.90 Å². The Labute approximate surface area is 329 Å². The summed E-state index contributed by atoms with van der Waals surface area (Å²) in [4.78, 5) is 5.04. The van der Waals surface area contributed by atoms with E-state index in [4.69, 9.17) is 4.42 Å². The maximum absolute atomic E-state index is 6.47. The van der Waals surface area contributed by atoms with E-state index in [1.807, 2.05) is 23.9 Å². The van der Waals surface area contributed by atoms with Crippen LogP contribution in [0.2, 0.25) is 0 Å². The van der Waals surface area contributed by atoms with Gasteiger partial charge < -0.3 is 9.32 Å². The maximum atomic E-state index is 6.47. The topological polar surface area (TPSA) is 16.4 Å². The van der Waals surface area contributed by atoms with Crippen molar-refractivity contribution in [3.8, 4) is 22.3 Å².